The Bertz CT molecular complexity index is 705. The fourth-order valence-corrected chi connectivity index (χ4v) is 3.73. The van der Waals surface area contributed by atoms with Crippen LogP contribution >= 0.6 is 11.8 Å². The van der Waals surface area contributed by atoms with E-state index in [1.807, 2.05) is 37.3 Å². The highest BCUT2D eigenvalue weighted by molar-refractivity contribution is 7.99. The number of carbonyl (C=O) groups excluding carboxylic acids is 1. The minimum atomic E-state index is -0.266. The molecule has 1 atom stereocenters. The molecule has 0 aromatic heterocycles. The molecule has 114 valence electrons. The Balaban J connectivity index is 1.72. The zero-order valence-corrected chi connectivity index (χ0v) is 13.0. The molecule has 2 amide bonds. The van der Waals surface area contributed by atoms with E-state index in [1.54, 1.807) is 6.07 Å². The van der Waals surface area contributed by atoms with Gasteiger partial charge >= 0.3 is 6.03 Å². The van der Waals surface area contributed by atoms with Gasteiger partial charge in [-0.1, -0.05) is 24.3 Å². The number of hydrogen-bond donors (Lipinski definition) is 2. The van der Waals surface area contributed by atoms with Gasteiger partial charge in [-0.2, -0.15) is 0 Å². The van der Waals surface area contributed by atoms with Gasteiger partial charge < -0.3 is 10.6 Å². The van der Waals surface area contributed by atoms with Gasteiger partial charge in [-0.3, -0.25) is 0 Å². The number of nitrogens with one attached hydrogen (secondary N) is 2. The van der Waals surface area contributed by atoms with Gasteiger partial charge in [-0.25, -0.2) is 9.18 Å². The predicted octanol–water partition coefficient (Wildman–Crippen LogP) is 4.49. The fraction of sp³-hybridized carbons (Fsp3) is 0.235. The lowest BCUT2D eigenvalue weighted by Gasteiger charge is -2.26. The molecule has 0 fully saturated rings. The molecule has 0 radical (unpaired) electrons. The number of amides is 2. The topological polar surface area (TPSA) is 41.1 Å². The maximum Gasteiger partial charge on any atom is 0.319 e. The first-order chi connectivity index (χ1) is 10.6. The van der Waals surface area contributed by atoms with Crippen molar-refractivity contribution in [2.24, 2.45) is 0 Å². The van der Waals surface area contributed by atoms with E-state index < -0.39 is 0 Å². The van der Waals surface area contributed by atoms with Crippen molar-refractivity contribution in [3.05, 3.63) is 59.4 Å². The second-order valence-electron chi connectivity index (χ2n) is 5.32. The van der Waals surface area contributed by atoms with Gasteiger partial charge in [0.2, 0.25) is 0 Å². The Hall–Kier alpha value is -2.01. The zero-order chi connectivity index (χ0) is 15.5. The number of halogens is 1. The van der Waals surface area contributed by atoms with E-state index in [9.17, 15) is 9.18 Å². The third-order valence-electron chi connectivity index (χ3n) is 3.61. The first-order valence-corrected chi connectivity index (χ1v) is 8.17. The molecule has 0 saturated heterocycles. The van der Waals surface area contributed by atoms with E-state index in [0.29, 0.717) is 4.90 Å². The van der Waals surface area contributed by atoms with Crippen molar-refractivity contribution in [2.45, 2.75) is 24.3 Å². The summed E-state index contributed by atoms with van der Waals surface area (Å²) in [6.07, 6.45) is 0.794. The molecule has 5 heteroatoms. The first kappa shape index (κ1) is 14.9. The number of thioether (sulfide) groups is 1. The quantitative estimate of drug-likeness (QED) is 0.857. The molecule has 1 unspecified atom stereocenters. The number of rotatable bonds is 2. The smallest absolute Gasteiger partial charge is 0.319 e. The van der Waals surface area contributed by atoms with E-state index >= 15 is 0 Å². The van der Waals surface area contributed by atoms with E-state index in [0.717, 1.165) is 29.0 Å². The molecule has 1 aliphatic rings. The van der Waals surface area contributed by atoms with Crippen LogP contribution in [0.2, 0.25) is 0 Å². The van der Waals surface area contributed by atoms with Crippen LogP contribution in [0.4, 0.5) is 14.9 Å². The second-order valence-corrected chi connectivity index (χ2v) is 6.42. The fourth-order valence-electron chi connectivity index (χ4n) is 2.58. The molecule has 3 nitrogen and oxygen atoms in total. The number of anilines is 1. The van der Waals surface area contributed by atoms with Crippen molar-refractivity contribution in [3.8, 4) is 0 Å². The van der Waals surface area contributed by atoms with Crippen molar-refractivity contribution in [2.75, 3.05) is 11.1 Å². The number of urea groups is 1. The monoisotopic (exact) mass is 316 g/mol. The summed E-state index contributed by atoms with van der Waals surface area (Å²) in [7, 11) is 0. The van der Waals surface area contributed by atoms with Crippen molar-refractivity contribution in [1.29, 1.82) is 0 Å². The van der Waals surface area contributed by atoms with Crippen LogP contribution in [-0.2, 0) is 0 Å². The molecule has 2 aromatic rings. The van der Waals surface area contributed by atoms with Crippen molar-refractivity contribution in [1.82, 2.24) is 5.32 Å². The minimum Gasteiger partial charge on any atom is -0.331 e. The Kier molecular flexibility index (Phi) is 4.34. The molecule has 0 spiro atoms. The van der Waals surface area contributed by atoms with Crippen LogP contribution in [0, 0.1) is 12.7 Å². The molecule has 0 bridgehead atoms. The first-order valence-electron chi connectivity index (χ1n) is 7.19. The molecule has 1 heterocycles. The number of aryl methyl sites for hydroxylation is 1. The van der Waals surface area contributed by atoms with Gasteiger partial charge in [0.05, 0.1) is 6.04 Å². The second kappa shape index (κ2) is 6.40. The molecule has 1 aliphatic heterocycles. The number of benzene rings is 2. The lowest BCUT2D eigenvalue weighted by atomic mass is 10.0. The Morgan fingerprint density at radius 1 is 1.27 bits per heavy atom. The van der Waals surface area contributed by atoms with E-state index in [1.165, 1.54) is 17.8 Å². The van der Waals surface area contributed by atoms with Crippen LogP contribution in [0.3, 0.4) is 0 Å². The standard InChI is InChI=1S/C17H17FN2OS/c1-11-4-2-5-12(10-11)19-17(21)20-15-8-9-22-16-13(15)6-3-7-14(16)18/h2-7,10,15H,8-9H2,1H3,(H2,19,20,21). The van der Waals surface area contributed by atoms with E-state index in [2.05, 4.69) is 10.6 Å². The molecule has 3 rings (SSSR count). The van der Waals surface area contributed by atoms with Gasteiger partial charge in [-0.15, -0.1) is 11.8 Å². The van der Waals surface area contributed by atoms with E-state index in [4.69, 9.17) is 0 Å². The summed E-state index contributed by atoms with van der Waals surface area (Å²) in [5.74, 6) is 0.580. The summed E-state index contributed by atoms with van der Waals surface area (Å²) >= 11 is 1.51. The number of carbonyl (C=O) groups is 1. The van der Waals surface area contributed by atoms with E-state index in [-0.39, 0.29) is 17.9 Å². The van der Waals surface area contributed by atoms with Crippen LogP contribution in [0.15, 0.2) is 47.4 Å². The molecule has 0 aliphatic carbocycles. The van der Waals surface area contributed by atoms with Crippen molar-refractivity contribution >= 4 is 23.5 Å². The summed E-state index contributed by atoms with van der Waals surface area (Å²) in [6, 6.07) is 12.2. The van der Waals surface area contributed by atoms with Crippen LogP contribution in [0.5, 0.6) is 0 Å². The number of hydrogen-bond acceptors (Lipinski definition) is 2. The number of fused-ring (bicyclic) bond motifs is 1. The van der Waals surface area contributed by atoms with Crippen LogP contribution in [0.25, 0.3) is 0 Å². The molecule has 0 saturated carbocycles. The predicted molar refractivity (Wildman–Crippen MR) is 87.8 cm³/mol. The van der Waals surface area contributed by atoms with Crippen molar-refractivity contribution < 1.29 is 9.18 Å². The van der Waals surface area contributed by atoms with Gasteiger partial charge in [0.1, 0.15) is 5.82 Å². The summed E-state index contributed by atoms with van der Waals surface area (Å²) < 4.78 is 13.8. The maximum atomic E-state index is 13.8. The largest absolute Gasteiger partial charge is 0.331 e. The molecule has 2 aromatic carbocycles. The average molecular weight is 316 g/mol. The van der Waals surface area contributed by atoms with Gasteiger partial charge in [0, 0.05) is 16.3 Å². The average Bonchev–Trinajstić information content (AvgIpc) is 2.48. The summed E-state index contributed by atoms with van der Waals surface area (Å²) in [5.41, 5.74) is 2.69. The van der Waals surface area contributed by atoms with Gasteiger partial charge in [0.25, 0.3) is 0 Å². The normalized spacial score (nSPS) is 16.7. The SMILES string of the molecule is Cc1cccc(NC(=O)NC2CCSc3c(F)cccc32)c1. The highest BCUT2D eigenvalue weighted by Gasteiger charge is 2.24. The van der Waals surface area contributed by atoms with Gasteiger partial charge in [0.15, 0.2) is 0 Å². The summed E-state index contributed by atoms with van der Waals surface area (Å²) in [4.78, 5) is 12.8. The van der Waals surface area contributed by atoms with Crippen LogP contribution in [-0.4, -0.2) is 11.8 Å². The third kappa shape index (κ3) is 3.25. The third-order valence-corrected chi connectivity index (χ3v) is 4.77. The Morgan fingerprint density at radius 2 is 2.09 bits per heavy atom. The zero-order valence-electron chi connectivity index (χ0n) is 12.2. The molecular formula is C17H17FN2OS. The Morgan fingerprint density at radius 3 is 2.91 bits per heavy atom. The Labute approximate surface area is 133 Å². The molecule has 2 N–H and O–H groups in total. The van der Waals surface area contributed by atoms with Crippen molar-refractivity contribution in [3.63, 3.8) is 0 Å². The maximum absolute atomic E-state index is 13.8. The molecular weight excluding hydrogens is 299 g/mol. The highest BCUT2D eigenvalue weighted by Crippen LogP contribution is 2.37. The van der Waals surface area contributed by atoms with Crippen LogP contribution < -0.4 is 10.6 Å². The summed E-state index contributed by atoms with van der Waals surface area (Å²) in [6.45, 7) is 1.97. The minimum absolute atomic E-state index is 0.156. The summed E-state index contributed by atoms with van der Waals surface area (Å²) in [5, 5.41) is 5.77. The van der Waals surface area contributed by atoms with Crippen LogP contribution in [0.1, 0.15) is 23.6 Å². The lowest BCUT2D eigenvalue weighted by molar-refractivity contribution is 0.248. The molecule has 22 heavy (non-hydrogen) atoms. The van der Waals surface area contributed by atoms with Gasteiger partial charge in [-0.05, 0) is 42.7 Å². The lowest BCUT2D eigenvalue weighted by Crippen LogP contribution is -2.34. The highest BCUT2D eigenvalue weighted by atomic mass is 32.2.